The molecule has 0 spiro atoms. The third-order valence-electron chi connectivity index (χ3n) is 1.47. The van der Waals surface area contributed by atoms with E-state index in [2.05, 4.69) is 6.58 Å². The maximum absolute atomic E-state index is 12.6. The van der Waals surface area contributed by atoms with Crippen LogP contribution in [-0.2, 0) is 4.79 Å². The zero-order chi connectivity index (χ0) is 9.14. The molecule has 0 aliphatic carbocycles. The van der Waals surface area contributed by atoms with Crippen molar-refractivity contribution in [2.24, 2.45) is 5.73 Å². The zero-order valence-electron chi connectivity index (χ0n) is 6.38. The first kappa shape index (κ1) is 8.46. The van der Waals surface area contributed by atoms with Crippen LogP contribution in [0, 0.1) is 5.82 Å². The lowest BCUT2D eigenvalue weighted by Crippen LogP contribution is -2.11. The van der Waals surface area contributed by atoms with Crippen LogP contribution in [0.25, 0.3) is 5.57 Å². The summed E-state index contributed by atoms with van der Waals surface area (Å²) in [6, 6.07) is 5.58. The lowest BCUT2D eigenvalue weighted by Gasteiger charge is -1.99. The van der Waals surface area contributed by atoms with Gasteiger partial charge in [0, 0.05) is 5.57 Å². The Morgan fingerprint density at radius 3 is 2.67 bits per heavy atom. The van der Waals surface area contributed by atoms with Crippen molar-refractivity contribution in [2.75, 3.05) is 0 Å². The Balaban J connectivity index is 3.04. The second kappa shape index (κ2) is 3.17. The summed E-state index contributed by atoms with van der Waals surface area (Å²) in [6.45, 7) is 3.42. The zero-order valence-corrected chi connectivity index (χ0v) is 6.38. The molecule has 62 valence electrons. The van der Waals surface area contributed by atoms with Gasteiger partial charge in [0.2, 0.25) is 5.91 Å². The molecule has 0 heterocycles. The van der Waals surface area contributed by atoms with Gasteiger partial charge in [-0.1, -0.05) is 18.7 Å². The topological polar surface area (TPSA) is 43.1 Å². The Labute approximate surface area is 69.5 Å². The summed E-state index contributed by atoms with van der Waals surface area (Å²) in [6.07, 6.45) is 0. The van der Waals surface area contributed by atoms with Gasteiger partial charge in [-0.15, -0.1) is 0 Å². The number of carbonyl (C=O) groups is 1. The predicted octanol–water partition coefficient (Wildman–Crippen LogP) is 1.32. The molecule has 0 unspecified atom stereocenters. The molecule has 1 aromatic rings. The fourth-order valence-corrected chi connectivity index (χ4v) is 0.818. The monoisotopic (exact) mass is 165 g/mol. The summed E-state index contributed by atoms with van der Waals surface area (Å²) in [5.74, 6) is -1.05. The average molecular weight is 165 g/mol. The molecule has 12 heavy (non-hydrogen) atoms. The SMILES string of the molecule is C=C(C(N)=O)c1cccc(F)c1. The lowest BCUT2D eigenvalue weighted by atomic mass is 10.1. The molecule has 3 heteroatoms. The number of carbonyl (C=O) groups excluding carboxylic acids is 1. The fraction of sp³-hybridized carbons (Fsp3) is 0. The van der Waals surface area contributed by atoms with Crippen LogP contribution in [0.1, 0.15) is 5.56 Å². The van der Waals surface area contributed by atoms with Crippen molar-refractivity contribution < 1.29 is 9.18 Å². The summed E-state index contributed by atoms with van der Waals surface area (Å²) in [7, 11) is 0. The van der Waals surface area contributed by atoms with E-state index in [4.69, 9.17) is 5.73 Å². The summed E-state index contributed by atoms with van der Waals surface area (Å²) < 4.78 is 12.6. The number of amides is 1. The van der Waals surface area contributed by atoms with Crippen molar-refractivity contribution in [1.29, 1.82) is 0 Å². The van der Waals surface area contributed by atoms with Crippen molar-refractivity contribution in [3.8, 4) is 0 Å². The van der Waals surface area contributed by atoms with E-state index >= 15 is 0 Å². The highest BCUT2D eigenvalue weighted by Crippen LogP contribution is 2.12. The van der Waals surface area contributed by atoms with Crippen LogP contribution in [-0.4, -0.2) is 5.91 Å². The van der Waals surface area contributed by atoms with Crippen molar-refractivity contribution in [3.05, 3.63) is 42.2 Å². The van der Waals surface area contributed by atoms with E-state index in [1.807, 2.05) is 0 Å². The first-order chi connectivity index (χ1) is 5.61. The van der Waals surface area contributed by atoms with Gasteiger partial charge < -0.3 is 5.73 Å². The fourth-order valence-electron chi connectivity index (χ4n) is 0.818. The molecule has 0 radical (unpaired) electrons. The van der Waals surface area contributed by atoms with Gasteiger partial charge in [-0.05, 0) is 17.7 Å². The predicted molar refractivity (Wildman–Crippen MR) is 44.6 cm³/mol. The van der Waals surface area contributed by atoms with Crippen molar-refractivity contribution in [3.63, 3.8) is 0 Å². The minimum absolute atomic E-state index is 0.120. The number of benzene rings is 1. The van der Waals surface area contributed by atoms with E-state index in [1.54, 1.807) is 6.07 Å². The third-order valence-corrected chi connectivity index (χ3v) is 1.47. The van der Waals surface area contributed by atoms with E-state index in [0.717, 1.165) is 0 Å². The van der Waals surface area contributed by atoms with Gasteiger partial charge in [0.25, 0.3) is 0 Å². The minimum atomic E-state index is -0.638. The molecule has 0 saturated heterocycles. The van der Waals surface area contributed by atoms with Gasteiger partial charge >= 0.3 is 0 Å². The Morgan fingerprint density at radius 2 is 2.17 bits per heavy atom. The lowest BCUT2D eigenvalue weighted by molar-refractivity contribution is -0.112. The van der Waals surface area contributed by atoms with Gasteiger partial charge in [0.1, 0.15) is 5.82 Å². The minimum Gasteiger partial charge on any atom is -0.366 e. The van der Waals surface area contributed by atoms with Crippen LogP contribution in [0.4, 0.5) is 4.39 Å². The number of halogens is 1. The molecule has 1 amide bonds. The molecule has 0 aliphatic rings. The molecule has 1 aromatic carbocycles. The molecular weight excluding hydrogens is 157 g/mol. The van der Waals surface area contributed by atoms with E-state index in [1.165, 1.54) is 18.2 Å². The molecular formula is C9H8FNO. The normalized spacial score (nSPS) is 9.42. The standard InChI is InChI=1S/C9H8FNO/c1-6(9(11)12)7-3-2-4-8(10)5-7/h2-5H,1H2,(H2,11,12). The molecule has 2 N–H and O–H groups in total. The molecule has 0 saturated carbocycles. The Morgan fingerprint density at radius 1 is 1.50 bits per heavy atom. The quantitative estimate of drug-likeness (QED) is 0.660. The highest BCUT2D eigenvalue weighted by molar-refractivity contribution is 6.17. The summed E-state index contributed by atoms with van der Waals surface area (Å²) in [4.78, 5) is 10.6. The molecule has 0 bridgehead atoms. The molecule has 2 nitrogen and oxygen atoms in total. The largest absolute Gasteiger partial charge is 0.366 e. The first-order valence-electron chi connectivity index (χ1n) is 3.36. The molecule has 0 atom stereocenters. The Kier molecular flexibility index (Phi) is 2.24. The van der Waals surface area contributed by atoms with Crippen molar-refractivity contribution in [1.82, 2.24) is 0 Å². The van der Waals surface area contributed by atoms with Crippen LogP contribution in [0.15, 0.2) is 30.8 Å². The van der Waals surface area contributed by atoms with Gasteiger partial charge in [-0.3, -0.25) is 4.79 Å². The summed E-state index contributed by atoms with van der Waals surface area (Å²) >= 11 is 0. The van der Waals surface area contributed by atoms with Crippen molar-refractivity contribution in [2.45, 2.75) is 0 Å². The van der Waals surface area contributed by atoms with Gasteiger partial charge in [-0.2, -0.15) is 0 Å². The number of primary amides is 1. The van der Waals surface area contributed by atoms with Crippen LogP contribution in [0.5, 0.6) is 0 Å². The molecule has 0 aromatic heterocycles. The number of hydrogen-bond acceptors (Lipinski definition) is 1. The smallest absolute Gasteiger partial charge is 0.248 e. The van der Waals surface area contributed by atoms with Crippen LogP contribution >= 0.6 is 0 Å². The second-order valence-corrected chi connectivity index (χ2v) is 2.35. The van der Waals surface area contributed by atoms with E-state index in [-0.39, 0.29) is 5.57 Å². The van der Waals surface area contributed by atoms with Crippen LogP contribution in [0.3, 0.4) is 0 Å². The highest BCUT2D eigenvalue weighted by atomic mass is 19.1. The van der Waals surface area contributed by atoms with Gasteiger partial charge in [0.05, 0.1) is 0 Å². The van der Waals surface area contributed by atoms with E-state index in [9.17, 15) is 9.18 Å². The van der Waals surface area contributed by atoms with Gasteiger partial charge in [0.15, 0.2) is 0 Å². The van der Waals surface area contributed by atoms with E-state index < -0.39 is 11.7 Å². The Bertz CT molecular complexity index is 333. The highest BCUT2D eigenvalue weighted by Gasteiger charge is 2.04. The molecule has 0 aliphatic heterocycles. The summed E-state index contributed by atoms with van der Waals surface area (Å²) in [5.41, 5.74) is 5.50. The maximum Gasteiger partial charge on any atom is 0.248 e. The number of nitrogens with two attached hydrogens (primary N) is 1. The van der Waals surface area contributed by atoms with Crippen LogP contribution in [0.2, 0.25) is 0 Å². The van der Waals surface area contributed by atoms with Gasteiger partial charge in [-0.25, -0.2) is 4.39 Å². The Hall–Kier alpha value is -1.64. The number of hydrogen-bond donors (Lipinski definition) is 1. The third kappa shape index (κ3) is 1.69. The second-order valence-electron chi connectivity index (χ2n) is 2.35. The molecule has 1 rings (SSSR count). The van der Waals surface area contributed by atoms with E-state index in [0.29, 0.717) is 5.56 Å². The van der Waals surface area contributed by atoms with Crippen LogP contribution < -0.4 is 5.73 Å². The average Bonchev–Trinajstić information content (AvgIpc) is 2.03. The van der Waals surface area contributed by atoms with Crippen molar-refractivity contribution >= 4 is 11.5 Å². The maximum atomic E-state index is 12.6. The summed E-state index contributed by atoms with van der Waals surface area (Å²) in [5, 5.41) is 0. The number of rotatable bonds is 2. The first-order valence-corrected chi connectivity index (χ1v) is 3.36. The molecule has 0 fully saturated rings.